The van der Waals surface area contributed by atoms with E-state index >= 15 is 0 Å². The number of carbonyl (C=O) groups is 1. The van der Waals surface area contributed by atoms with Gasteiger partial charge in [-0.05, 0) is 74.1 Å². The summed E-state index contributed by atoms with van der Waals surface area (Å²) >= 11 is 0. The lowest BCUT2D eigenvalue weighted by Gasteiger charge is -2.24. The van der Waals surface area contributed by atoms with Gasteiger partial charge in [-0.3, -0.25) is 4.79 Å². The van der Waals surface area contributed by atoms with E-state index < -0.39 is 6.10 Å². The third-order valence-electron chi connectivity index (χ3n) is 4.70. The number of benzene rings is 2. The van der Waals surface area contributed by atoms with Crippen molar-refractivity contribution in [3.8, 4) is 11.5 Å². The number of aryl methyl sites for hydroxylation is 2. The fraction of sp³-hybridized carbons (Fsp3) is 0.435. The van der Waals surface area contributed by atoms with Crippen LogP contribution in [0, 0.1) is 19.8 Å². The van der Waals surface area contributed by atoms with Crippen molar-refractivity contribution in [2.45, 2.75) is 53.2 Å². The predicted molar refractivity (Wildman–Crippen MR) is 109 cm³/mol. The second-order valence-electron chi connectivity index (χ2n) is 7.47. The number of methoxy groups -OCH3 is 1. The van der Waals surface area contributed by atoms with Crippen molar-refractivity contribution in [3.63, 3.8) is 0 Å². The molecule has 0 radical (unpaired) electrons. The normalized spacial score (nSPS) is 13.1. The summed E-state index contributed by atoms with van der Waals surface area (Å²) in [5.41, 5.74) is 3.42. The van der Waals surface area contributed by atoms with Crippen LogP contribution in [0.5, 0.6) is 11.5 Å². The van der Waals surface area contributed by atoms with E-state index in [1.807, 2.05) is 49.4 Å². The lowest BCUT2D eigenvalue weighted by atomic mass is 9.96. The Morgan fingerprint density at radius 2 is 1.59 bits per heavy atom. The van der Waals surface area contributed by atoms with Crippen molar-refractivity contribution in [2.75, 3.05) is 7.11 Å². The fourth-order valence-corrected chi connectivity index (χ4v) is 2.92. The van der Waals surface area contributed by atoms with Gasteiger partial charge in [0.05, 0.1) is 13.2 Å². The maximum atomic E-state index is 12.7. The number of rotatable bonds is 8. The highest BCUT2D eigenvalue weighted by molar-refractivity contribution is 5.81. The zero-order valence-corrected chi connectivity index (χ0v) is 17.2. The molecule has 0 spiro atoms. The Labute approximate surface area is 162 Å². The van der Waals surface area contributed by atoms with Crippen molar-refractivity contribution in [1.82, 2.24) is 5.32 Å². The van der Waals surface area contributed by atoms with Gasteiger partial charge in [0.25, 0.3) is 5.91 Å². The fourth-order valence-electron chi connectivity index (χ4n) is 2.92. The summed E-state index contributed by atoms with van der Waals surface area (Å²) in [6.45, 7) is 10.2. The minimum absolute atomic E-state index is 0.0609. The molecule has 0 unspecified atom stereocenters. The van der Waals surface area contributed by atoms with Crippen LogP contribution in [0.1, 0.15) is 49.9 Å². The lowest BCUT2D eigenvalue weighted by molar-refractivity contribution is -0.128. The Morgan fingerprint density at radius 1 is 0.963 bits per heavy atom. The standard InChI is InChI=1S/C23H31NO3/c1-15(2)13-22(19-8-11-20(26-6)12-9-19)24-23(25)18(5)27-21-10-7-16(3)17(4)14-21/h7-12,14-15,18,22H,13H2,1-6H3,(H,24,25)/t18-,22-/m0/s1. The summed E-state index contributed by atoms with van der Waals surface area (Å²) in [4.78, 5) is 12.7. The van der Waals surface area contributed by atoms with Gasteiger partial charge >= 0.3 is 0 Å². The second kappa shape index (κ2) is 9.45. The largest absolute Gasteiger partial charge is 0.497 e. The first-order valence-electron chi connectivity index (χ1n) is 9.48. The molecule has 0 aliphatic carbocycles. The molecule has 1 N–H and O–H groups in total. The van der Waals surface area contributed by atoms with Crippen LogP contribution in [0.4, 0.5) is 0 Å². The molecule has 2 aromatic carbocycles. The van der Waals surface area contributed by atoms with E-state index in [1.165, 1.54) is 5.56 Å². The number of nitrogens with one attached hydrogen (secondary N) is 1. The molecule has 0 saturated heterocycles. The molecule has 27 heavy (non-hydrogen) atoms. The first-order valence-corrected chi connectivity index (χ1v) is 9.48. The third kappa shape index (κ3) is 6.02. The van der Waals surface area contributed by atoms with Gasteiger partial charge < -0.3 is 14.8 Å². The van der Waals surface area contributed by atoms with E-state index in [9.17, 15) is 4.79 Å². The highest BCUT2D eigenvalue weighted by Crippen LogP contribution is 2.24. The minimum atomic E-state index is -0.569. The molecule has 2 rings (SSSR count). The average molecular weight is 370 g/mol. The van der Waals surface area contributed by atoms with E-state index in [4.69, 9.17) is 9.47 Å². The van der Waals surface area contributed by atoms with Crippen LogP contribution in [0.2, 0.25) is 0 Å². The molecule has 0 bridgehead atoms. The van der Waals surface area contributed by atoms with Crippen LogP contribution < -0.4 is 14.8 Å². The molecule has 146 valence electrons. The van der Waals surface area contributed by atoms with Crippen LogP contribution in [-0.2, 0) is 4.79 Å². The van der Waals surface area contributed by atoms with Gasteiger partial charge in [0.2, 0.25) is 0 Å². The number of carbonyl (C=O) groups excluding carboxylic acids is 1. The summed E-state index contributed by atoms with van der Waals surface area (Å²) in [6.07, 6.45) is 0.286. The van der Waals surface area contributed by atoms with Gasteiger partial charge in [0.15, 0.2) is 6.10 Å². The number of ether oxygens (including phenoxy) is 2. The molecule has 2 aromatic rings. The molecular formula is C23H31NO3. The highest BCUT2D eigenvalue weighted by Gasteiger charge is 2.21. The summed E-state index contributed by atoms with van der Waals surface area (Å²) < 4.78 is 11.1. The number of hydrogen-bond donors (Lipinski definition) is 1. The Balaban J connectivity index is 2.07. The minimum Gasteiger partial charge on any atom is -0.497 e. The first-order chi connectivity index (χ1) is 12.8. The summed E-state index contributed by atoms with van der Waals surface area (Å²) in [7, 11) is 1.65. The highest BCUT2D eigenvalue weighted by atomic mass is 16.5. The van der Waals surface area contributed by atoms with Crippen LogP contribution in [0.3, 0.4) is 0 Å². The van der Waals surface area contributed by atoms with E-state index in [1.54, 1.807) is 14.0 Å². The molecular weight excluding hydrogens is 338 g/mol. The SMILES string of the molecule is COc1ccc([C@H](CC(C)C)NC(=O)[C@H](C)Oc2ccc(C)c(C)c2)cc1. The van der Waals surface area contributed by atoms with Crippen molar-refractivity contribution in [3.05, 3.63) is 59.2 Å². The van der Waals surface area contributed by atoms with E-state index in [0.29, 0.717) is 11.7 Å². The maximum Gasteiger partial charge on any atom is 0.261 e. The zero-order valence-electron chi connectivity index (χ0n) is 17.2. The summed E-state index contributed by atoms with van der Waals surface area (Å²) in [5.74, 6) is 1.86. The predicted octanol–water partition coefficient (Wildman–Crippen LogP) is 4.98. The molecule has 0 saturated carbocycles. The van der Waals surface area contributed by atoms with Crippen LogP contribution in [0.15, 0.2) is 42.5 Å². The quantitative estimate of drug-likeness (QED) is 0.714. The molecule has 4 heteroatoms. The number of amides is 1. The topological polar surface area (TPSA) is 47.6 Å². The second-order valence-corrected chi connectivity index (χ2v) is 7.47. The van der Waals surface area contributed by atoms with Gasteiger partial charge in [-0.1, -0.05) is 32.0 Å². The van der Waals surface area contributed by atoms with Gasteiger partial charge in [-0.15, -0.1) is 0 Å². The Bertz CT molecular complexity index is 753. The van der Waals surface area contributed by atoms with Crippen LogP contribution in [-0.4, -0.2) is 19.1 Å². The van der Waals surface area contributed by atoms with Crippen LogP contribution >= 0.6 is 0 Å². The van der Waals surface area contributed by atoms with E-state index in [-0.39, 0.29) is 11.9 Å². The Hall–Kier alpha value is -2.49. The lowest BCUT2D eigenvalue weighted by Crippen LogP contribution is -2.39. The molecule has 0 aliphatic rings. The van der Waals surface area contributed by atoms with Gasteiger partial charge in [-0.25, -0.2) is 0 Å². The smallest absolute Gasteiger partial charge is 0.261 e. The maximum absolute atomic E-state index is 12.7. The first kappa shape index (κ1) is 20.8. The number of hydrogen-bond acceptors (Lipinski definition) is 3. The monoisotopic (exact) mass is 369 g/mol. The average Bonchev–Trinajstić information content (AvgIpc) is 2.63. The van der Waals surface area contributed by atoms with Crippen molar-refractivity contribution in [2.24, 2.45) is 5.92 Å². The molecule has 0 aliphatic heterocycles. The molecule has 0 heterocycles. The molecule has 0 fully saturated rings. The molecule has 2 atom stereocenters. The van der Waals surface area contributed by atoms with Gasteiger partial charge in [0, 0.05) is 0 Å². The third-order valence-corrected chi connectivity index (χ3v) is 4.70. The molecule has 1 amide bonds. The van der Waals surface area contributed by atoms with Crippen molar-refractivity contribution in [1.29, 1.82) is 0 Å². The molecule has 4 nitrogen and oxygen atoms in total. The summed E-state index contributed by atoms with van der Waals surface area (Å²) in [6, 6.07) is 13.7. The van der Waals surface area contributed by atoms with Crippen molar-refractivity contribution < 1.29 is 14.3 Å². The summed E-state index contributed by atoms with van der Waals surface area (Å²) in [5, 5.41) is 3.14. The van der Waals surface area contributed by atoms with Crippen LogP contribution in [0.25, 0.3) is 0 Å². The Morgan fingerprint density at radius 3 is 2.15 bits per heavy atom. The van der Waals surface area contributed by atoms with Gasteiger partial charge in [-0.2, -0.15) is 0 Å². The molecule has 0 aromatic heterocycles. The van der Waals surface area contributed by atoms with Gasteiger partial charge in [0.1, 0.15) is 11.5 Å². The van der Waals surface area contributed by atoms with E-state index in [2.05, 4.69) is 26.1 Å². The Kier molecular flexibility index (Phi) is 7.28. The van der Waals surface area contributed by atoms with E-state index in [0.717, 1.165) is 23.3 Å². The van der Waals surface area contributed by atoms with Crippen molar-refractivity contribution >= 4 is 5.91 Å². The zero-order chi connectivity index (χ0) is 20.0.